The van der Waals surface area contributed by atoms with E-state index in [4.69, 9.17) is 9.56 Å². The zero-order chi connectivity index (χ0) is 12.0. The first-order valence-electron chi connectivity index (χ1n) is 4.77. The average molecular weight is 246 g/mol. The minimum Gasteiger partial charge on any atom is -0.469 e. The van der Waals surface area contributed by atoms with Gasteiger partial charge >= 0.3 is 0 Å². The molecule has 0 aliphatic carbocycles. The summed E-state index contributed by atoms with van der Waals surface area (Å²) in [5.74, 6) is 0.251. The molecule has 0 radical (unpaired) electrons. The van der Waals surface area contributed by atoms with Crippen LogP contribution < -0.4 is 10.5 Å². The van der Waals surface area contributed by atoms with Crippen molar-refractivity contribution in [2.45, 2.75) is 12.8 Å². The summed E-state index contributed by atoms with van der Waals surface area (Å²) in [6.07, 6.45) is 2.29. The first-order chi connectivity index (χ1) is 7.47. The smallest absolute Gasteiger partial charge is 0.220 e. The maximum absolute atomic E-state index is 11.2. The van der Waals surface area contributed by atoms with Crippen LogP contribution in [0.25, 0.3) is 0 Å². The number of aryl methyl sites for hydroxylation is 1. The predicted octanol–water partition coefficient (Wildman–Crippen LogP) is -0.383. The Morgan fingerprint density at radius 1 is 1.50 bits per heavy atom. The Morgan fingerprint density at radius 3 is 2.81 bits per heavy atom. The number of nitrogens with one attached hydrogen (secondary N) is 1. The molecule has 1 amide bonds. The van der Waals surface area contributed by atoms with E-state index in [-0.39, 0.29) is 24.6 Å². The van der Waals surface area contributed by atoms with Crippen LogP contribution in [0.1, 0.15) is 12.2 Å². The molecule has 0 saturated heterocycles. The maximum Gasteiger partial charge on any atom is 0.220 e. The summed E-state index contributed by atoms with van der Waals surface area (Å²) in [6.45, 7) is 0.0375. The monoisotopic (exact) mass is 246 g/mol. The molecule has 0 aliphatic heterocycles. The first-order valence-corrected chi connectivity index (χ1v) is 6.48. The number of rotatable bonds is 6. The van der Waals surface area contributed by atoms with Crippen molar-refractivity contribution in [3.63, 3.8) is 0 Å². The molecule has 0 atom stereocenters. The highest BCUT2D eigenvalue weighted by Crippen LogP contribution is 2.02. The van der Waals surface area contributed by atoms with Crippen molar-refractivity contribution >= 4 is 15.9 Å². The highest BCUT2D eigenvalue weighted by molar-refractivity contribution is 7.89. The molecule has 1 aromatic rings. The normalized spacial score (nSPS) is 11.3. The summed E-state index contributed by atoms with van der Waals surface area (Å²) >= 11 is 0. The van der Waals surface area contributed by atoms with Crippen molar-refractivity contribution in [1.29, 1.82) is 0 Å². The summed E-state index contributed by atoms with van der Waals surface area (Å²) in [5, 5.41) is 7.24. The first kappa shape index (κ1) is 12.7. The Morgan fingerprint density at radius 2 is 2.25 bits per heavy atom. The lowest BCUT2D eigenvalue weighted by Crippen LogP contribution is -2.31. The van der Waals surface area contributed by atoms with Gasteiger partial charge in [0.15, 0.2) is 0 Å². The van der Waals surface area contributed by atoms with Crippen LogP contribution in [0.2, 0.25) is 0 Å². The van der Waals surface area contributed by atoms with E-state index in [2.05, 4.69) is 5.32 Å². The molecule has 16 heavy (non-hydrogen) atoms. The average Bonchev–Trinajstić information content (AvgIpc) is 2.65. The van der Waals surface area contributed by atoms with Crippen LogP contribution in [-0.2, 0) is 21.2 Å². The molecule has 1 rings (SSSR count). The number of sulfonamides is 1. The quantitative estimate of drug-likeness (QED) is 0.714. The maximum atomic E-state index is 11.2. The number of furan rings is 1. The topological polar surface area (TPSA) is 102 Å². The number of carbonyl (C=O) groups is 1. The predicted molar refractivity (Wildman–Crippen MR) is 58.0 cm³/mol. The van der Waals surface area contributed by atoms with Gasteiger partial charge in [0.05, 0.1) is 12.0 Å². The molecule has 7 heteroatoms. The van der Waals surface area contributed by atoms with Gasteiger partial charge in [-0.25, -0.2) is 13.6 Å². The molecule has 6 nitrogen and oxygen atoms in total. The van der Waals surface area contributed by atoms with E-state index in [0.717, 1.165) is 5.76 Å². The van der Waals surface area contributed by atoms with E-state index in [1.54, 1.807) is 12.1 Å². The number of hydrogen-bond acceptors (Lipinski definition) is 4. The SMILES string of the molecule is NS(=O)(=O)CCNC(=O)CCc1ccco1. The van der Waals surface area contributed by atoms with Gasteiger partial charge in [0.25, 0.3) is 0 Å². The molecule has 0 bridgehead atoms. The molecule has 0 aromatic carbocycles. The highest BCUT2D eigenvalue weighted by Gasteiger charge is 2.06. The van der Waals surface area contributed by atoms with Gasteiger partial charge in [-0.05, 0) is 12.1 Å². The van der Waals surface area contributed by atoms with Crippen molar-refractivity contribution in [3.8, 4) is 0 Å². The van der Waals surface area contributed by atoms with E-state index in [9.17, 15) is 13.2 Å². The van der Waals surface area contributed by atoms with Gasteiger partial charge in [-0.3, -0.25) is 4.79 Å². The van der Waals surface area contributed by atoms with Gasteiger partial charge in [-0.2, -0.15) is 0 Å². The van der Waals surface area contributed by atoms with Crippen LogP contribution in [-0.4, -0.2) is 26.6 Å². The molecule has 1 heterocycles. The molecular formula is C9H14N2O4S. The van der Waals surface area contributed by atoms with Gasteiger partial charge in [0.2, 0.25) is 15.9 Å². The van der Waals surface area contributed by atoms with E-state index in [1.165, 1.54) is 6.26 Å². The molecule has 3 N–H and O–H groups in total. The lowest BCUT2D eigenvalue weighted by molar-refractivity contribution is -0.121. The molecule has 0 spiro atoms. The van der Waals surface area contributed by atoms with Crippen molar-refractivity contribution in [2.24, 2.45) is 5.14 Å². The van der Waals surface area contributed by atoms with Crippen molar-refractivity contribution in [3.05, 3.63) is 24.2 Å². The van der Waals surface area contributed by atoms with Gasteiger partial charge in [-0.15, -0.1) is 0 Å². The Balaban J connectivity index is 2.17. The standard InChI is InChI=1S/C9H14N2O4S/c10-16(13,14)7-5-11-9(12)4-3-8-2-1-6-15-8/h1-2,6H,3-5,7H2,(H,11,12)(H2,10,13,14). The number of hydrogen-bond donors (Lipinski definition) is 2. The van der Waals surface area contributed by atoms with E-state index < -0.39 is 10.0 Å². The lowest BCUT2D eigenvalue weighted by Gasteiger charge is -2.02. The van der Waals surface area contributed by atoms with Gasteiger partial charge in [0.1, 0.15) is 5.76 Å². The summed E-state index contributed by atoms with van der Waals surface area (Å²) < 4.78 is 26.2. The lowest BCUT2D eigenvalue weighted by atomic mass is 10.2. The molecular weight excluding hydrogens is 232 g/mol. The number of nitrogens with two attached hydrogens (primary N) is 1. The summed E-state index contributed by atoms with van der Waals surface area (Å²) in [6, 6.07) is 3.52. The van der Waals surface area contributed by atoms with Gasteiger partial charge in [-0.1, -0.05) is 0 Å². The van der Waals surface area contributed by atoms with Crippen LogP contribution in [0.15, 0.2) is 22.8 Å². The largest absolute Gasteiger partial charge is 0.469 e. The van der Waals surface area contributed by atoms with Crippen molar-refractivity contribution < 1.29 is 17.6 Å². The second-order valence-corrected chi connectivity index (χ2v) is 5.03. The minimum atomic E-state index is -3.51. The fourth-order valence-electron chi connectivity index (χ4n) is 1.11. The molecule has 0 aliphatic rings. The summed E-state index contributed by atoms with van der Waals surface area (Å²) in [7, 11) is -3.51. The second-order valence-electron chi connectivity index (χ2n) is 3.30. The van der Waals surface area contributed by atoms with Crippen molar-refractivity contribution in [1.82, 2.24) is 5.32 Å². The van der Waals surface area contributed by atoms with Crippen LogP contribution in [0.3, 0.4) is 0 Å². The number of amides is 1. The summed E-state index contributed by atoms with van der Waals surface area (Å²) in [5.41, 5.74) is 0. The third kappa shape index (κ3) is 5.52. The Hall–Kier alpha value is -1.34. The number of primary sulfonamides is 1. The van der Waals surface area contributed by atoms with Crippen LogP contribution in [0.4, 0.5) is 0 Å². The van der Waals surface area contributed by atoms with E-state index in [0.29, 0.717) is 6.42 Å². The van der Waals surface area contributed by atoms with Crippen molar-refractivity contribution in [2.75, 3.05) is 12.3 Å². The fourth-order valence-corrected chi connectivity index (χ4v) is 1.50. The third-order valence-electron chi connectivity index (χ3n) is 1.89. The van der Waals surface area contributed by atoms with Crippen LogP contribution in [0.5, 0.6) is 0 Å². The van der Waals surface area contributed by atoms with Crippen LogP contribution in [0, 0.1) is 0 Å². The Bertz CT molecular complexity index is 424. The van der Waals surface area contributed by atoms with Gasteiger partial charge in [0, 0.05) is 19.4 Å². The Labute approximate surface area is 93.9 Å². The number of carbonyl (C=O) groups excluding carboxylic acids is 1. The molecule has 0 fully saturated rings. The van der Waals surface area contributed by atoms with E-state index >= 15 is 0 Å². The molecule has 0 unspecified atom stereocenters. The zero-order valence-electron chi connectivity index (χ0n) is 8.68. The zero-order valence-corrected chi connectivity index (χ0v) is 9.50. The van der Waals surface area contributed by atoms with Gasteiger partial charge < -0.3 is 9.73 Å². The highest BCUT2D eigenvalue weighted by atomic mass is 32.2. The van der Waals surface area contributed by atoms with Crippen LogP contribution >= 0.6 is 0 Å². The minimum absolute atomic E-state index is 0.0375. The summed E-state index contributed by atoms with van der Waals surface area (Å²) in [4.78, 5) is 11.2. The third-order valence-corrected chi connectivity index (χ3v) is 2.66. The Kier molecular flexibility index (Phi) is 4.51. The van der Waals surface area contributed by atoms with E-state index in [1.807, 2.05) is 0 Å². The fraction of sp³-hybridized carbons (Fsp3) is 0.444. The second kappa shape index (κ2) is 5.66. The molecule has 0 saturated carbocycles. The molecule has 90 valence electrons. The molecule has 1 aromatic heterocycles.